The van der Waals surface area contributed by atoms with E-state index in [2.05, 4.69) is 13.8 Å². The molecule has 10 heteroatoms. The van der Waals surface area contributed by atoms with Gasteiger partial charge in [0.05, 0.1) is 74.5 Å². The van der Waals surface area contributed by atoms with Crippen LogP contribution in [-0.2, 0) is 47.6 Å². The summed E-state index contributed by atoms with van der Waals surface area (Å²) in [6, 6.07) is 0. The quantitative estimate of drug-likeness (QED) is 0.0252. The van der Waals surface area contributed by atoms with E-state index >= 15 is 0 Å². The molecule has 2 saturated carbocycles. The second-order valence-corrected chi connectivity index (χ2v) is 20.4. The van der Waals surface area contributed by atoms with Gasteiger partial charge in [0.2, 0.25) is 0 Å². The first-order chi connectivity index (χ1) is 31.9. The van der Waals surface area contributed by atoms with Crippen LogP contribution in [0.1, 0.15) is 251 Å². The van der Waals surface area contributed by atoms with Crippen molar-refractivity contribution >= 4 is 23.9 Å². The highest BCUT2D eigenvalue weighted by Gasteiger charge is 2.54. The number of unbranched alkanes of at least 4 members (excludes halogenated alkanes) is 30. The van der Waals surface area contributed by atoms with E-state index in [1.54, 1.807) is 0 Å². The molecule has 0 aromatic heterocycles. The molecular weight excluding hydrogens is 821 g/mol. The first-order valence-electron chi connectivity index (χ1n) is 27.9. The highest BCUT2D eigenvalue weighted by Crippen LogP contribution is 2.45. The van der Waals surface area contributed by atoms with Crippen molar-refractivity contribution in [3.63, 3.8) is 0 Å². The summed E-state index contributed by atoms with van der Waals surface area (Å²) in [5.74, 6) is -2.81. The lowest BCUT2D eigenvalue weighted by Gasteiger charge is -2.26. The molecule has 8 unspecified atom stereocenters. The van der Waals surface area contributed by atoms with Crippen molar-refractivity contribution in [1.82, 2.24) is 0 Å². The fourth-order valence-electron chi connectivity index (χ4n) is 10.3. The number of ether oxygens (including phenoxy) is 6. The fourth-order valence-corrected chi connectivity index (χ4v) is 10.3. The Morgan fingerprint density at radius 1 is 0.292 bits per heavy atom. The van der Waals surface area contributed by atoms with Crippen LogP contribution in [-0.4, -0.2) is 74.7 Å². The van der Waals surface area contributed by atoms with E-state index in [9.17, 15) is 19.2 Å². The van der Waals surface area contributed by atoms with E-state index < -0.39 is 23.7 Å². The molecule has 4 fully saturated rings. The van der Waals surface area contributed by atoms with Crippen LogP contribution in [0, 0.1) is 23.7 Å². The summed E-state index contributed by atoms with van der Waals surface area (Å²) in [7, 11) is 0. The Morgan fingerprint density at radius 2 is 0.462 bits per heavy atom. The van der Waals surface area contributed by atoms with E-state index in [1.807, 2.05) is 0 Å². The van der Waals surface area contributed by atoms with Gasteiger partial charge in [-0.2, -0.15) is 0 Å². The van der Waals surface area contributed by atoms with Crippen molar-refractivity contribution in [3.05, 3.63) is 0 Å². The molecular formula is C55H96O10. The van der Waals surface area contributed by atoms with Crippen LogP contribution in [0.3, 0.4) is 0 Å². The molecule has 2 aliphatic heterocycles. The van der Waals surface area contributed by atoms with Gasteiger partial charge in [0, 0.05) is 0 Å². The van der Waals surface area contributed by atoms with Gasteiger partial charge in [-0.25, -0.2) is 0 Å². The predicted molar refractivity (Wildman–Crippen MR) is 257 cm³/mol. The van der Waals surface area contributed by atoms with E-state index in [4.69, 9.17) is 28.4 Å². The standard InChI is InChI=1S/C55H96O10/c1-3-5-7-9-11-13-20-24-28-32-36-60-52(56)44-40-48-50(64-48)42-46(44)54(58)62-38-34-30-26-22-18-16-15-17-19-23-27-31-35-39-63-55(59)47-43-51-49(65-51)41-45(47)53(57)61-37-33-29-25-21-14-12-10-8-6-4-2/h44-51H,3-43H2,1-2H3. The maximum atomic E-state index is 13.1. The number of epoxide rings is 2. The first-order valence-corrected chi connectivity index (χ1v) is 27.9. The molecule has 0 aromatic rings. The Morgan fingerprint density at radius 3 is 0.646 bits per heavy atom. The molecule has 0 radical (unpaired) electrons. The van der Waals surface area contributed by atoms with E-state index in [1.165, 1.54) is 148 Å². The van der Waals surface area contributed by atoms with Crippen LogP contribution in [0.5, 0.6) is 0 Å². The van der Waals surface area contributed by atoms with Crippen molar-refractivity contribution in [2.24, 2.45) is 23.7 Å². The van der Waals surface area contributed by atoms with Crippen LogP contribution < -0.4 is 0 Å². The highest BCUT2D eigenvalue weighted by molar-refractivity contribution is 5.83. The number of esters is 4. The van der Waals surface area contributed by atoms with Gasteiger partial charge in [0.1, 0.15) is 0 Å². The molecule has 4 rings (SSSR count). The SMILES string of the molecule is CCCCCCCCCCCCOC(=O)C1CC2OC2CC1C(=O)OCCCCCCCCCCCCCCCOC(=O)C1CC2OC2CC1C(=O)OCCCCCCCCCCCC. The second-order valence-electron chi connectivity index (χ2n) is 20.4. The van der Waals surface area contributed by atoms with Crippen molar-refractivity contribution in [3.8, 4) is 0 Å². The summed E-state index contributed by atoms with van der Waals surface area (Å²) in [4.78, 5) is 52.1. The normalized spacial score (nSPS) is 24.2. The Hall–Kier alpha value is -2.20. The molecule has 0 aromatic carbocycles. The summed E-state index contributed by atoms with van der Waals surface area (Å²) in [6.07, 6.45) is 42.2. The Labute approximate surface area is 396 Å². The van der Waals surface area contributed by atoms with Gasteiger partial charge >= 0.3 is 23.9 Å². The van der Waals surface area contributed by atoms with Crippen LogP contribution in [0.15, 0.2) is 0 Å². The van der Waals surface area contributed by atoms with E-state index in [0.29, 0.717) is 52.1 Å². The Balaban J connectivity index is 0.904. The molecule has 65 heavy (non-hydrogen) atoms. The van der Waals surface area contributed by atoms with Crippen LogP contribution >= 0.6 is 0 Å². The number of carbonyl (C=O) groups is 4. The lowest BCUT2D eigenvalue weighted by Crippen LogP contribution is -2.37. The molecule has 2 saturated heterocycles. The monoisotopic (exact) mass is 917 g/mol. The van der Waals surface area contributed by atoms with Gasteiger partial charge in [-0.15, -0.1) is 0 Å². The van der Waals surface area contributed by atoms with Crippen LogP contribution in [0.25, 0.3) is 0 Å². The van der Waals surface area contributed by atoms with Gasteiger partial charge in [0.15, 0.2) is 0 Å². The number of carbonyl (C=O) groups excluding carboxylic acids is 4. The zero-order valence-corrected chi connectivity index (χ0v) is 41.7. The van der Waals surface area contributed by atoms with Gasteiger partial charge in [-0.05, 0) is 51.4 Å². The fraction of sp³-hybridized carbons (Fsp3) is 0.927. The number of fused-ring (bicyclic) bond motifs is 2. The second kappa shape index (κ2) is 35.0. The van der Waals surface area contributed by atoms with Crippen LogP contribution in [0.4, 0.5) is 0 Å². The summed E-state index contributed by atoms with van der Waals surface area (Å²) in [6.45, 7) is 6.21. The third kappa shape index (κ3) is 24.1. The van der Waals surface area contributed by atoms with Crippen molar-refractivity contribution < 1.29 is 47.6 Å². The van der Waals surface area contributed by atoms with Gasteiger partial charge in [-0.3, -0.25) is 19.2 Å². The third-order valence-corrected chi connectivity index (χ3v) is 14.8. The summed E-state index contributed by atoms with van der Waals surface area (Å²) in [5.41, 5.74) is 0. The molecule has 0 spiro atoms. The number of hydrogen-bond donors (Lipinski definition) is 0. The molecule has 8 atom stereocenters. The largest absolute Gasteiger partial charge is 0.465 e. The molecule has 4 aliphatic rings. The molecule has 0 N–H and O–H groups in total. The Kier molecular flexibility index (Phi) is 29.8. The smallest absolute Gasteiger partial charge is 0.309 e. The van der Waals surface area contributed by atoms with Gasteiger partial charge in [0.25, 0.3) is 0 Å². The van der Waals surface area contributed by atoms with Crippen molar-refractivity contribution in [2.75, 3.05) is 26.4 Å². The minimum Gasteiger partial charge on any atom is -0.465 e. The van der Waals surface area contributed by atoms with Gasteiger partial charge in [-0.1, -0.05) is 200 Å². The topological polar surface area (TPSA) is 130 Å². The molecule has 2 heterocycles. The number of hydrogen-bond acceptors (Lipinski definition) is 10. The molecule has 10 nitrogen and oxygen atoms in total. The third-order valence-electron chi connectivity index (χ3n) is 14.8. The maximum Gasteiger partial charge on any atom is 0.309 e. The summed E-state index contributed by atoms with van der Waals surface area (Å²) >= 11 is 0. The van der Waals surface area contributed by atoms with E-state index in [0.717, 1.165) is 64.2 Å². The van der Waals surface area contributed by atoms with Gasteiger partial charge < -0.3 is 28.4 Å². The zero-order valence-electron chi connectivity index (χ0n) is 41.7. The molecule has 0 bridgehead atoms. The first kappa shape index (κ1) is 55.4. The minimum absolute atomic E-state index is 0.0917. The summed E-state index contributed by atoms with van der Waals surface area (Å²) < 4.78 is 34.1. The average Bonchev–Trinajstić information content (AvgIpc) is 4.25. The van der Waals surface area contributed by atoms with Crippen LogP contribution in [0.2, 0.25) is 0 Å². The van der Waals surface area contributed by atoms with Crippen molar-refractivity contribution in [2.45, 2.75) is 276 Å². The minimum atomic E-state index is -0.451. The molecule has 2 aliphatic carbocycles. The average molecular weight is 917 g/mol. The van der Waals surface area contributed by atoms with Crippen molar-refractivity contribution in [1.29, 1.82) is 0 Å². The lowest BCUT2D eigenvalue weighted by molar-refractivity contribution is -0.162. The lowest BCUT2D eigenvalue weighted by atomic mass is 9.79. The maximum absolute atomic E-state index is 13.1. The molecule has 376 valence electrons. The summed E-state index contributed by atoms with van der Waals surface area (Å²) in [5, 5.41) is 0. The van der Waals surface area contributed by atoms with E-state index in [-0.39, 0.29) is 48.3 Å². The predicted octanol–water partition coefficient (Wildman–Crippen LogP) is 13.7. The zero-order chi connectivity index (χ0) is 46.2. The highest BCUT2D eigenvalue weighted by atomic mass is 16.6. The number of rotatable bonds is 42. The molecule has 0 amide bonds. The Bertz CT molecular complexity index is 1180.